The van der Waals surface area contributed by atoms with E-state index >= 15 is 0 Å². The van der Waals surface area contributed by atoms with Crippen LogP contribution in [-0.2, 0) is 10.4 Å². The Balaban J connectivity index is 2.13. The standard InChI is InChI=1S/C17H11N3O6/c21-14(22)8-17(24)11-7-9(20(25)26)5-6-13(11)19-15(23)10-3-1-2-4-12(10)18-16(17)19/h1-7,24H,8H2,(H,21,22)/t17-/m1/s1. The fourth-order valence-corrected chi connectivity index (χ4v) is 3.31. The summed E-state index contributed by atoms with van der Waals surface area (Å²) in [5, 5.41) is 31.8. The number of carboxylic acid groups (broad SMARTS) is 1. The van der Waals surface area contributed by atoms with E-state index in [0.29, 0.717) is 10.9 Å². The van der Waals surface area contributed by atoms with Crippen LogP contribution in [0.3, 0.4) is 0 Å². The Morgan fingerprint density at radius 1 is 1.27 bits per heavy atom. The van der Waals surface area contributed by atoms with E-state index in [0.717, 1.165) is 10.6 Å². The van der Waals surface area contributed by atoms with Gasteiger partial charge in [0, 0.05) is 17.7 Å². The summed E-state index contributed by atoms with van der Waals surface area (Å²) in [5.41, 5.74) is -2.52. The van der Waals surface area contributed by atoms with Gasteiger partial charge in [-0.05, 0) is 18.2 Å². The Bertz CT molecular complexity index is 1170. The number of hydrogen-bond acceptors (Lipinski definition) is 6. The lowest BCUT2D eigenvalue weighted by Crippen LogP contribution is -2.32. The topological polar surface area (TPSA) is 136 Å². The third-order valence-corrected chi connectivity index (χ3v) is 4.43. The number of aliphatic hydroxyl groups is 1. The van der Waals surface area contributed by atoms with Crippen LogP contribution in [0, 0.1) is 10.1 Å². The number of carbonyl (C=O) groups is 1. The molecule has 1 aliphatic heterocycles. The van der Waals surface area contributed by atoms with Crippen LogP contribution in [0.1, 0.15) is 17.8 Å². The molecule has 0 aliphatic carbocycles. The number of nitrogens with zero attached hydrogens (tertiary/aromatic N) is 3. The lowest BCUT2D eigenvalue weighted by atomic mass is 9.91. The zero-order chi connectivity index (χ0) is 18.6. The fourth-order valence-electron chi connectivity index (χ4n) is 3.31. The van der Waals surface area contributed by atoms with E-state index in [-0.39, 0.29) is 22.8 Å². The molecular formula is C17H11N3O6. The van der Waals surface area contributed by atoms with Crippen molar-refractivity contribution < 1.29 is 19.9 Å². The van der Waals surface area contributed by atoms with E-state index in [9.17, 15) is 29.9 Å². The molecule has 0 saturated heterocycles. The Morgan fingerprint density at radius 3 is 2.69 bits per heavy atom. The van der Waals surface area contributed by atoms with Gasteiger partial charge in [-0.3, -0.25) is 24.3 Å². The highest BCUT2D eigenvalue weighted by atomic mass is 16.6. The maximum Gasteiger partial charge on any atom is 0.307 e. The number of benzene rings is 2. The Kier molecular flexibility index (Phi) is 3.18. The number of fused-ring (bicyclic) bond motifs is 4. The largest absolute Gasteiger partial charge is 0.481 e. The summed E-state index contributed by atoms with van der Waals surface area (Å²) >= 11 is 0. The number of non-ortho nitro benzene ring substituents is 1. The van der Waals surface area contributed by atoms with Crippen molar-refractivity contribution in [2.45, 2.75) is 12.0 Å². The maximum atomic E-state index is 12.9. The summed E-state index contributed by atoms with van der Waals surface area (Å²) in [6.45, 7) is 0. The Hall–Kier alpha value is -3.59. The minimum atomic E-state index is -2.16. The molecule has 0 spiro atoms. The molecule has 0 unspecified atom stereocenters. The van der Waals surface area contributed by atoms with E-state index in [2.05, 4.69) is 4.98 Å². The monoisotopic (exact) mass is 353 g/mol. The quantitative estimate of drug-likeness (QED) is 0.535. The number of aliphatic carboxylic acids is 1. The highest BCUT2D eigenvalue weighted by Gasteiger charge is 2.47. The van der Waals surface area contributed by atoms with Crippen molar-refractivity contribution in [2.24, 2.45) is 0 Å². The summed E-state index contributed by atoms with van der Waals surface area (Å²) in [5.74, 6) is -1.50. The van der Waals surface area contributed by atoms with Crippen molar-refractivity contribution in [2.75, 3.05) is 0 Å². The number of nitro groups is 1. The first-order chi connectivity index (χ1) is 12.3. The highest BCUT2D eigenvalue weighted by Crippen LogP contribution is 2.43. The summed E-state index contributed by atoms with van der Waals surface area (Å²) < 4.78 is 1.12. The summed E-state index contributed by atoms with van der Waals surface area (Å²) in [6, 6.07) is 10.0. The van der Waals surface area contributed by atoms with Crippen LogP contribution in [0.2, 0.25) is 0 Å². The zero-order valence-electron chi connectivity index (χ0n) is 13.1. The molecule has 0 amide bonds. The molecule has 0 fully saturated rings. The van der Waals surface area contributed by atoms with Gasteiger partial charge in [-0.2, -0.15) is 0 Å². The zero-order valence-corrected chi connectivity index (χ0v) is 13.1. The molecule has 9 heteroatoms. The molecule has 26 heavy (non-hydrogen) atoms. The van der Waals surface area contributed by atoms with E-state index in [1.54, 1.807) is 24.3 Å². The fraction of sp³-hybridized carbons (Fsp3) is 0.118. The van der Waals surface area contributed by atoms with Crippen LogP contribution in [0.15, 0.2) is 47.3 Å². The van der Waals surface area contributed by atoms with Crippen molar-refractivity contribution in [3.8, 4) is 5.69 Å². The third-order valence-electron chi connectivity index (χ3n) is 4.43. The summed E-state index contributed by atoms with van der Waals surface area (Å²) in [4.78, 5) is 39.0. The first-order valence-corrected chi connectivity index (χ1v) is 7.58. The average Bonchev–Trinajstić information content (AvgIpc) is 2.83. The molecule has 130 valence electrons. The van der Waals surface area contributed by atoms with Crippen molar-refractivity contribution in [1.29, 1.82) is 0 Å². The van der Waals surface area contributed by atoms with E-state index < -0.39 is 28.5 Å². The molecule has 1 aliphatic rings. The van der Waals surface area contributed by atoms with Crippen LogP contribution in [0.5, 0.6) is 0 Å². The number of rotatable bonds is 3. The molecule has 0 bridgehead atoms. The molecular weight excluding hydrogens is 342 g/mol. The maximum absolute atomic E-state index is 12.9. The van der Waals surface area contributed by atoms with Crippen LogP contribution in [-0.4, -0.2) is 30.7 Å². The van der Waals surface area contributed by atoms with E-state index in [4.69, 9.17) is 0 Å². The van der Waals surface area contributed by atoms with Crippen LogP contribution in [0.4, 0.5) is 5.69 Å². The van der Waals surface area contributed by atoms with Crippen molar-refractivity contribution >= 4 is 22.6 Å². The molecule has 3 aromatic rings. The van der Waals surface area contributed by atoms with Gasteiger partial charge in [0.05, 0.1) is 27.9 Å². The van der Waals surface area contributed by atoms with Gasteiger partial charge in [0.2, 0.25) is 0 Å². The lowest BCUT2D eigenvalue weighted by Gasteiger charge is -2.21. The Labute approximate surface area is 144 Å². The molecule has 9 nitrogen and oxygen atoms in total. The smallest absolute Gasteiger partial charge is 0.307 e. The van der Waals surface area contributed by atoms with Gasteiger partial charge in [0.25, 0.3) is 11.2 Å². The second kappa shape index (κ2) is 5.20. The molecule has 4 rings (SSSR count). The minimum absolute atomic E-state index is 0.0333. The minimum Gasteiger partial charge on any atom is -0.481 e. The second-order valence-corrected chi connectivity index (χ2v) is 5.98. The Morgan fingerprint density at radius 2 is 2.00 bits per heavy atom. The normalized spacial score (nSPS) is 17.7. The summed E-state index contributed by atoms with van der Waals surface area (Å²) in [6.07, 6.45) is -0.786. The lowest BCUT2D eigenvalue weighted by molar-refractivity contribution is -0.385. The van der Waals surface area contributed by atoms with Gasteiger partial charge in [0.1, 0.15) is 0 Å². The van der Waals surface area contributed by atoms with E-state index in [1.165, 1.54) is 12.1 Å². The SMILES string of the molecule is O=C(O)C[C@@]1(O)c2cc([N+](=O)[O-])ccc2-n2c1nc1ccccc1c2=O. The van der Waals surface area contributed by atoms with Gasteiger partial charge in [0.15, 0.2) is 11.4 Å². The first kappa shape index (κ1) is 15.9. The molecule has 1 aromatic heterocycles. The van der Waals surface area contributed by atoms with Crippen LogP contribution >= 0.6 is 0 Å². The van der Waals surface area contributed by atoms with Gasteiger partial charge in [-0.15, -0.1) is 0 Å². The first-order valence-electron chi connectivity index (χ1n) is 7.58. The van der Waals surface area contributed by atoms with Crippen molar-refractivity contribution in [3.05, 3.63) is 74.3 Å². The molecule has 2 aromatic carbocycles. The number of carboxylic acids is 1. The molecule has 2 N–H and O–H groups in total. The van der Waals surface area contributed by atoms with Crippen LogP contribution < -0.4 is 5.56 Å². The number of aromatic nitrogens is 2. The predicted molar refractivity (Wildman–Crippen MR) is 89.2 cm³/mol. The number of hydrogen-bond donors (Lipinski definition) is 2. The highest BCUT2D eigenvalue weighted by molar-refractivity contribution is 5.80. The predicted octanol–water partition coefficient (Wildman–Crippen LogP) is 1.32. The van der Waals surface area contributed by atoms with Gasteiger partial charge < -0.3 is 10.2 Å². The van der Waals surface area contributed by atoms with Gasteiger partial charge in [-0.25, -0.2) is 4.98 Å². The van der Waals surface area contributed by atoms with Crippen molar-refractivity contribution in [3.63, 3.8) is 0 Å². The van der Waals surface area contributed by atoms with Crippen LogP contribution in [0.25, 0.3) is 16.6 Å². The average molecular weight is 353 g/mol. The van der Waals surface area contributed by atoms with Gasteiger partial charge in [-0.1, -0.05) is 12.1 Å². The molecule has 0 saturated carbocycles. The van der Waals surface area contributed by atoms with Crippen molar-refractivity contribution in [1.82, 2.24) is 9.55 Å². The third kappa shape index (κ3) is 2.04. The molecule has 0 radical (unpaired) electrons. The van der Waals surface area contributed by atoms with Gasteiger partial charge >= 0.3 is 5.97 Å². The number of nitro benzene ring substituents is 1. The summed E-state index contributed by atoms with van der Waals surface area (Å²) in [7, 11) is 0. The number of para-hydroxylation sites is 1. The molecule has 2 heterocycles. The second-order valence-electron chi connectivity index (χ2n) is 5.98. The van der Waals surface area contributed by atoms with E-state index in [1.807, 2.05) is 0 Å². The molecule has 1 atom stereocenters.